The van der Waals surface area contributed by atoms with Crippen molar-refractivity contribution in [3.8, 4) is 0 Å². The SMILES string of the molecule is O=C(C1CCCNC1)N1CCN(c2ncc(Cl)cc2Cl)CC1. The van der Waals surface area contributed by atoms with E-state index in [1.807, 2.05) is 4.90 Å². The van der Waals surface area contributed by atoms with Crippen LogP contribution in [0.1, 0.15) is 12.8 Å². The van der Waals surface area contributed by atoms with Gasteiger partial charge in [-0.15, -0.1) is 0 Å². The number of rotatable bonds is 2. The number of pyridine rings is 1. The molecule has 5 nitrogen and oxygen atoms in total. The van der Waals surface area contributed by atoms with Gasteiger partial charge in [-0.1, -0.05) is 23.2 Å². The van der Waals surface area contributed by atoms with Crippen LogP contribution in [0.25, 0.3) is 0 Å². The summed E-state index contributed by atoms with van der Waals surface area (Å²) in [6.07, 6.45) is 3.69. The van der Waals surface area contributed by atoms with Crippen LogP contribution in [0.15, 0.2) is 12.3 Å². The summed E-state index contributed by atoms with van der Waals surface area (Å²) in [6, 6.07) is 1.71. The van der Waals surface area contributed by atoms with Gasteiger partial charge < -0.3 is 15.1 Å². The van der Waals surface area contributed by atoms with Crippen LogP contribution in [-0.4, -0.2) is 55.1 Å². The van der Waals surface area contributed by atoms with Gasteiger partial charge in [0.05, 0.1) is 16.0 Å². The number of nitrogens with one attached hydrogen (secondary N) is 1. The lowest BCUT2D eigenvalue weighted by Crippen LogP contribution is -2.52. The Balaban J connectivity index is 1.59. The van der Waals surface area contributed by atoms with Crippen LogP contribution in [0, 0.1) is 5.92 Å². The molecule has 1 N–H and O–H groups in total. The molecule has 0 radical (unpaired) electrons. The molecule has 1 aromatic heterocycles. The molecule has 0 bridgehead atoms. The third-order valence-electron chi connectivity index (χ3n) is 4.33. The molecule has 22 heavy (non-hydrogen) atoms. The third-order valence-corrected chi connectivity index (χ3v) is 4.81. The van der Waals surface area contributed by atoms with Gasteiger partial charge in [-0.05, 0) is 25.5 Å². The first-order chi connectivity index (χ1) is 10.6. The molecule has 1 atom stereocenters. The van der Waals surface area contributed by atoms with E-state index in [0.717, 1.165) is 57.9 Å². The molecule has 1 amide bonds. The number of hydrogen-bond acceptors (Lipinski definition) is 4. The molecule has 2 aliphatic heterocycles. The Morgan fingerprint density at radius 3 is 2.68 bits per heavy atom. The molecule has 2 fully saturated rings. The molecule has 3 heterocycles. The van der Waals surface area contributed by atoms with Crippen molar-refractivity contribution < 1.29 is 4.79 Å². The number of amides is 1. The molecule has 0 aromatic carbocycles. The molecule has 0 spiro atoms. The Bertz CT molecular complexity index is 540. The van der Waals surface area contributed by atoms with E-state index in [4.69, 9.17) is 23.2 Å². The Hall–Kier alpha value is -1.04. The Labute approximate surface area is 140 Å². The molecule has 120 valence electrons. The Kier molecular flexibility index (Phi) is 5.06. The van der Waals surface area contributed by atoms with E-state index in [9.17, 15) is 4.79 Å². The van der Waals surface area contributed by atoms with Crippen molar-refractivity contribution in [1.29, 1.82) is 0 Å². The number of hydrogen-bond donors (Lipinski definition) is 1. The van der Waals surface area contributed by atoms with E-state index < -0.39 is 0 Å². The summed E-state index contributed by atoms with van der Waals surface area (Å²) in [5.41, 5.74) is 0. The van der Waals surface area contributed by atoms with Gasteiger partial charge in [0.25, 0.3) is 0 Å². The van der Waals surface area contributed by atoms with Crippen molar-refractivity contribution in [2.45, 2.75) is 12.8 Å². The number of anilines is 1. The quantitative estimate of drug-likeness (QED) is 0.893. The lowest BCUT2D eigenvalue weighted by atomic mass is 9.98. The van der Waals surface area contributed by atoms with Gasteiger partial charge in [0, 0.05) is 38.9 Å². The average Bonchev–Trinajstić information content (AvgIpc) is 2.55. The van der Waals surface area contributed by atoms with Crippen LogP contribution in [0.5, 0.6) is 0 Å². The Morgan fingerprint density at radius 2 is 2.05 bits per heavy atom. The van der Waals surface area contributed by atoms with Gasteiger partial charge in [0.2, 0.25) is 5.91 Å². The second-order valence-corrected chi connectivity index (χ2v) is 6.66. The number of carbonyl (C=O) groups excluding carboxylic acids is 1. The third kappa shape index (κ3) is 3.47. The summed E-state index contributed by atoms with van der Waals surface area (Å²) in [7, 11) is 0. The molecule has 3 rings (SSSR count). The summed E-state index contributed by atoms with van der Waals surface area (Å²) in [4.78, 5) is 20.9. The van der Waals surface area contributed by atoms with Crippen molar-refractivity contribution in [1.82, 2.24) is 15.2 Å². The molecule has 1 aromatic rings. The van der Waals surface area contributed by atoms with E-state index in [0.29, 0.717) is 10.0 Å². The van der Waals surface area contributed by atoms with Crippen molar-refractivity contribution in [2.24, 2.45) is 5.92 Å². The van der Waals surface area contributed by atoms with Crippen molar-refractivity contribution in [3.05, 3.63) is 22.3 Å². The summed E-state index contributed by atoms with van der Waals surface area (Å²) in [5, 5.41) is 4.40. The lowest BCUT2D eigenvalue weighted by Gasteiger charge is -2.38. The fourth-order valence-corrected chi connectivity index (χ4v) is 3.60. The first kappa shape index (κ1) is 15.8. The molecule has 2 aliphatic rings. The predicted molar refractivity (Wildman–Crippen MR) is 88.6 cm³/mol. The van der Waals surface area contributed by atoms with Gasteiger partial charge in [-0.25, -0.2) is 4.98 Å². The molecular weight excluding hydrogens is 323 g/mol. The lowest BCUT2D eigenvalue weighted by molar-refractivity contribution is -0.136. The Morgan fingerprint density at radius 1 is 1.27 bits per heavy atom. The van der Waals surface area contributed by atoms with Crippen LogP contribution in [-0.2, 0) is 4.79 Å². The van der Waals surface area contributed by atoms with Crippen molar-refractivity contribution >= 4 is 34.9 Å². The van der Waals surface area contributed by atoms with E-state index in [1.165, 1.54) is 0 Å². The van der Waals surface area contributed by atoms with Gasteiger partial charge in [-0.2, -0.15) is 0 Å². The summed E-state index contributed by atoms with van der Waals surface area (Å²) < 4.78 is 0. The van der Waals surface area contributed by atoms with Crippen LogP contribution >= 0.6 is 23.2 Å². The average molecular weight is 343 g/mol. The smallest absolute Gasteiger partial charge is 0.227 e. The molecule has 0 aliphatic carbocycles. The van der Waals surface area contributed by atoms with Crippen LogP contribution in [0.4, 0.5) is 5.82 Å². The summed E-state index contributed by atoms with van der Waals surface area (Å²) in [6.45, 7) is 4.77. The van der Waals surface area contributed by atoms with Crippen molar-refractivity contribution in [2.75, 3.05) is 44.2 Å². The summed E-state index contributed by atoms with van der Waals surface area (Å²) in [5.74, 6) is 1.16. The molecule has 7 heteroatoms. The zero-order chi connectivity index (χ0) is 15.5. The molecular formula is C15H20Cl2N4O. The van der Waals surface area contributed by atoms with Gasteiger partial charge in [-0.3, -0.25) is 4.79 Å². The fourth-order valence-electron chi connectivity index (χ4n) is 3.10. The highest BCUT2D eigenvalue weighted by atomic mass is 35.5. The van der Waals surface area contributed by atoms with Crippen molar-refractivity contribution in [3.63, 3.8) is 0 Å². The van der Waals surface area contributed by atoms with Crippen LogP contribution in [0.2, 0.25) is 10.0 Å². The largest absolute Gasteiger partial charge is 0.352 e. The molecule has 2 saturated heterocycles. The van der Waals surface area contributed by atoms with Gasteiger partial charge in [0.1, 0.15) is 5.82 Å². The number of carbonyl (C=O) groups is 1. The zero-order valence-electron chi connectivity index (χ0n) is 12.4. The minimum absolute atomic E-state index is 0.137. The maximum Gasteiger partial charge on any atom is 0.227 e. The maximum atomic E-state index is 12.5. The highest BCUT2D eigenvalue weighted by molar-refractivity contribution is 6.36. The zero-order valence-corrected chi connectivity index (χ0v) is 13.9. The fraction of sp³-hybridized carbons (Fsp3) is 0.600. The highest BCUT2D eigenvalue weighted by Crippen LogP contribution is 2.27. The minimum Gasteiger partial charge on any atom is -0.352 e. The van der Waals surface area contributed by atoms with Gasteiger partial charge >= 0.3 is 0 Å². The molecule has 0 saturated carbocycles. The number of piperidine rings is 1. The first-order valence-electron chi connectivity index (χ1n) is 7.70. The van der Waals surface area contributed by atoms with Crippen LogP contribution < -0.4 is 10.2 Å². The minimum atomic E-state index is 0.137. The number of aromatic nitrogens is 1. The predicted octanol–water partition coefficient (Wildman–Crippen LogP) is 2.04. The monoisotopic (exact) mass is 342 g/mol. The normalized spacial score (nSPS) is 22.7. The number of nitrogens with zero attached hydrogens (tertiary/aromatic N) is 3. The topological polar surface area (TPSA) is 48.5 Å². The van der Waals surface area contributed by atoms with E-state index in [2.05, 4.69) is 15.2 Å². The van der Waals surface area contributed by atoms with E-state index in [-0.39, 0.29) is 11.8 Å². The highest BCUT2D eigenvalue weighted by Gasteiger charge is 2.29. The summed E-state index contributed by atoms with van der Waals surface area (Å²) >= 11 is 12.1. The van der Waals surface area contributed by atoms with Crippen LogP contribution in [0.3, 0.4) is 0 Å². The number of piperazine rings is 1. The number of halogens is 2. The molecule has 1 unspecified atom stereocenters. The van der Waals surface area contributed by atoms with Gasteiger partial charge in [0.15, 0.2) is 0 Å². The van der Waals surface area contributed by atoms with E-state index in [1.54, 1.807) is 12.3 Å². The standard InChI is InChI=1S/C15H20Cl2N4O/c16-12-8-13(17)14(19-10-12)20-4-6-21(7-5-20)15(22)11-2-1-3-18-9-11/h8,10-11,18H,1-7,9H2. The van der Waals surface area contributed by atoms with E-state index >= 15 is 0 Å². The maximum absolute atomic E-state index is 12.5. The second kappa shape index (κ2) is 7.02. The second-order valence-electron chi connectivity index (χ2n) is 5.81. The first-order valence-corrected chi connectivity index (χ1v) is 8.46.